The SMILES string of the molecule is Cc1c(C(=O)O[C@@H]2CCC[C@@H]2C)[nH]c2c1C(=O)C[C@@H](c1cccs1)C2. The van der Waals surface area contributed by atoms with Crippen molar-refractivity contribution in [3.8, 4) is 0 Å². The number of nitrogens with one attached hydrogen (secondary N) is 1. The Labute approximate surface area is 151 Å². The molecule has 3 atom stereocenters. The van der Waals surface area contributed by atoms with Crippen LogP contribution in [0.2, 0.25) is 0 Å². The highest BCUT2D eigenvalue weighted by molar-refractivity contribution is 7.10. The molecule has 1 saturated carbocycles. The molecule has 4 nitrogen and oxygen atoms in total. The van der Waals surface area contributed by atoms with Gasteiger partial charge in [0, 0.05) is 28.5 Å². The van der Waals surface area contributed by atoms with Gasteiger partial charge in [0.25, 0.3) is 0 Å². The molecule has 0 bridgehead atoms. The zero-order chi connectivity index (χ0) is 17.6. The van der Waals surface area contributed by atoms with E-state index in [1.54, 1.807) is 11.3 Å². The molecule has 0 spiro atoms. The molecule has 4 rings (SSSR count). The van der Waals surface area contributed by atoms with Crippen molar-refractivity contribution in [3.05, 3.63) is 44.9 Å². The average molecular weight is 357 g/mol. The van der Waals surface area contributed by atoms with Gasteiger partial charge in [0.1, 0.15) is 11.8 Å². The number of fused-ring (bicyclic) bond motifs is 1. The Bertz CT molecular complexity index is 805. The Morgan fingerprint density at radius 1 is 1.32 bits per heavy atom. The molecule has 2 aromatic rings. The van der Waals surface area contributed by atoms with Crippen LogP contribution >= 0.6 is 11.3 Å². The van der Waals surface area contributed by atoms with Gasteiger partial charge in [0.05, 0.1) is 0 Å². The fraction of sp³-hybridized carbons (Fsp3) is 0.500. The monoisotopic (exact) mass is 357 g/mol. The summed E-state index contributed by atoms with van der Waals surface area (Å²) in [6.07, 6.45) is 4.45. The van der Waals surface area contributed by atoms with E-state index in [0.717, 1.165) is 36.9 Å². The highest BCUT2D eigenvalue weighted by Gasteiger charge is 2.34. The van der Waals surface area contributed by atoms with E-state index >= 15 is 0 Å². The summed E-state index contributed by atoms with van der Waals surface area (Å²) in [7, 11) is 0. The number of carbonyl (C=O) groups excluding carboxylic acids is 2. The summed E-state index contributed by atoms with van der Waals surface area (Å²) in [5, 5.41) is 2.04. The van der Waals surface area contributed by atoms with Crippen molar-refractivity contribution in [1.29, 1.82) is 0 Å². The fourth-order valence-electron chi connectivity index (χ4n) is 4.25. The number of H-pyrrole nitrogens is 1. The summed E-state index contributed by atoms with van der Waals surface area (Å²) in [6.45, 7) is 3.99. The first kappa shape index (κ1) is 16.6. The zero-order valence-corrected chi connectivity index (χ0v) is 15.4. The molecule has 0 unspecified atom stereocenters. The molecule has 0 radical (unpaired) electrons. The normalized spacial score (nSPS) is 25.8. The number of aromatic amines is 1. The second kappa shape index (κ2) is 6.45. The molecule has 1 N–H and O–H groups in total. The molecule has 1 fully saturated rings. The molecule has 132 valence electrons. The summed E-state index contributed by atoms with van der Waals surface area (Å²) in [6, 6.07) is 4.10. The van der Waals surface area contributed by atoms with E-state index in [1.165, 1.54) is 4.88 Å². The molecular formula is C20H23NO3S. The van der Waals surface area contributed by atoms with Gasteiger partial charge in [-0.3, -0.25) is 4.79 Å². The number of carbonyl (C=O) groups is 2. The van der Waals surface area contributed by atoms with E-state index in [-0.39, 0.29) is 23.8 Å². The van der Waals surface area contributed by atoms with Gasteiger partial charge >= 0.3 is 5.97 Å². The van der Waals surface area contributed by atoms with Crippen LogP contribution in [0.25, 0.3) is 0 Å². The Kier molecular flexibility index (Phi) is 4.28. The lowest BCUT2D eigenvalue weighted by molar-refractivity contribution is 0.0219. The maximum absolute atomic E-state index is 12.7. The van der Waals surface area contributed by atoms with Crippen molar-refractivity contribution >= 4 is 23.1 Å². The van der Waals surface area contributed by atoms with Crippen molar-refractivity contribution in [1.82, 2.24) is 4.98 Å². The molecule has 2 aromatic heterocycles. The number of Topliss-reactive ketones (excluding diaryl/α,β-unsaturated/α-hetero) is 1. The first-order valence-electron chi connectivity index (χ1n) is 9.03. The van der Waals surface area contributed by atoms with Crippen LogP contribution in [0, 0.1) is 12.8 Å². The number of hydrogen-bond acceptors (Lipinski definition) is 4. The number of esters is 1. The predicted octanol–water partition coefficient (Wildman–Crippen LogP) is 4.64. The van der Waals surface area contributed by atoms with Crippen LogP contribution in [-0.2, 0) is 11.2 Å². The van der Waals surface area contributed by atoms with Crippen LogP contribution in [0.1, 0.15) is 75.5 Å². The van der Waals surface area contributed by atoms with Crippen LogP contribution in [0.3, 0.4) is 0 Å². The Hall–Kier alpha value is -1.88. The van der Waals surface area contributed by atoms with E-state index in [1.807, 2.05) is 18.4 Å². The van der Waals surface area contributed by atoms with Crippen molar-refractivity contribution in [3.63, 3.8) is 0 Å². The number of rotatable bonds is 3. The minimum absolute atomic E-state index is 0.00166. The Morgan fingerprint density at radius 2 is 2.16 bits per heavy atom. The number of thiophene rings is 1. The third kappa shape index (κ3) is 2.95. The smallest absolute Gasteiger partial charge is 0.355 e. The molecule has 0 aliphatic heterocycles. The van der Waals surface area contributed by atoms with Crippen molar-refractivity contribution < 1.29 is 14.3 Å². The minimum Gasteiger partial charge on any atom is -0.457 e. The summed E-state index contributed by atoms with van der Waals surface area (Å²) in [5.41, 5.74) is 2.81. The molecule has 5 heteroatoms. The van der Waals surface area contributed by atoms with Gasteiger partial charge in [-0.25, -0.2) is 4.79 Å². The molecule has 0 amide bonds. The van der Waals surface area contributed by atoms with Crippen LogP contribution < -0.4 is 0 Å². The van der Waals surface area contributed by atoms with Crippen LogP contribution in [0.4, 0.5) is 0 Å². The van der Waals surface area contributed by atoms with E-state index in [4.69, 9.17) is 4.74 Å². The van der Waals surface area contributed by atoms with Gasteiger partial charge in [0.15, 0.2) is 5.78 Å². The molecule has 0 saturated heterocycles. The van der Waals surface area contributed by atoms with Gasteiger partial charge in [-0.05, 0) is 55.5 Å². The van der Waals surface area contributed by atoms with Crippen LogP contribution in [-0.4, -0.2) is 22.8 Å². The summed E-state index contributed by atoms with van der Waals surface area (Å²) in [4.78, 5) is 29.8. The number of ketones is 1. The minimum atomic E-state index is -0.314. The van der Waals surface area contributed by atoms with Crippen molar-refractivity contribution in [2.45, 2.75) is 58.0 Å². The van der Waals surface area contributed by atoms with Gasteiger partial charge in [-0.1, -0.05) is 13.0 Å². The maximum atomic E-state index is 12.7. The Morgan fingerprint density at radius 3 is 2.84 bits per heavy atom. The van der Waals surface area contributed by atoms with Gasteiger partial charge in [0.2, 0.25) is 0 Å². The van der Waals surface area contributed by atoms with Crippen LogP contribution in [0.5, 0.6) is 0 Å². The lowest BCUT2D eigenvalue weighted by Crippen LogP contribution is -2.21. The lowest BCUT2D eigenvalue weighted by atomic mass is 9.84. The predicted molar refractivity (Wildman–Crippen MR) is 97.5 cm³/mol. The number of ether oxygens (including phenoxy) is 1. The van der Waals surface area contributed by atoms with E-state index < -0.39 is 0 Å². The first-order valence-corrected chi connectivity index (χ1v) is 9.91. The molecule has 2 aliphatic carbocycles. The maximum Gasteiger partial charge on any atom is 0.355 e. The highest BCUT2D eigenvalue weighted by Crippen LogP contribution is 2.37. The van der Waals surface area contributed by atoms with E-state index in [9.17, 15) is 9.59 Å². The first-order chi connectivity index (χ1) is 12.0. The van der Waals surface area contributed by atoms with Crippen molar-refractivity contribution in [2.24, 2.45) is 5.92 Å². The summed E-state index contributed by atoms with van der Waals surface area (Å²) >= 11 is 1.69. The second-order valence-corrected chi connectivity index (χ2v) is 8.35. The lowest BCUT2D eigenvalue weighted by Gasteiger charge is -2.20. The van der Waals surface area contributed by atoms with Crippen molar-refractivity contribution in [2.75, 3.05) is 0 Å². The average Bonchev–Trinajstić information content (AvgIpc) is 3.29. The molecule has 2 heterocycles. The molecule has 25 heavy (non-hydrogen) atoms. The van der Waals surface area contributed by atoms with E-state index in [2.05, 4.69) is 18.0 Å². The molecule has 2 aliphatic rings. The summed E-state index contributed by atoms with van der Waals surface area (Å²) < 4.78 is 5.72. The molecule has 0 aromatic carbocycles. The topological polar surface area (TPSA) is 59.2 Å². The second-order valence-electron chi connectivity index (χ2n) is 7.37. The fourth-order valence-corrected chi connectivity index (χ4v) is 5.08. The van der Waals surface area contributed by atoms with Crippen LogP contribution in [0.15, 0.2) is 17.5 Å². The Balaban J connectivity index is 1.59. The largest absolute Gasteiger partial charge is 0.457 e. The number of hydrogen-bond donors (Lipinski definition) is 1. The zero-order valence-electron chi connectivity index (χ0n) is 14.6. The third-order valence-electron chi connectivity index (χ3n) is 5.68. The van der Waals surface area contributed by atoms with Gasteiger partial charge in [-0.2, -0.15) is 0 Å². The van der Waals surface area contributed by atoms with E-state index in [0.29, 0.717) is 23.6 Å². The van der Waals surface area contributed by atoms with Gasteiger partial charge in [-0.15, -0.1) is 11.3 Å². The summed E-state index contributed by atoms with van der Waals surface area (Å²) in [5.74, 6) is 0.434. The van der Waals surface area contributed by atoms with Gasteiger partial charge < -0.3 is 9.72 Å². The standard InChI is InChI=1S/C20H23NO3S/c1-11-5-3-6-16(11)24-20(23)19-12(2)18-14(21-19)9-13(10-15(18)22)17-7-4-8-25-17/h4,7-8,11,13,16,21H,3,5-6,9-10H2,1-2H3/t11-,13-,16+/m0/s1. The number of aromatic nitrogens is 1. The quantitative estimate of drug-likeness (QED) is 0.814. The third-order valence-corrected chi connectivity index (χ3v) is 6.71. The highest BCUT2D eigenvalue weighted by atomic mass is 32.1. The molecular weight excluding hydrogens is 334 g/mol.